The number of nitrogens with zero attached hydrogens (tertiary/aromatic N) is 1. The van der Waals surface area contributed by atoms with Gasteiger partial charge in [0.2, 0.25) is 5.88 Å². The van der Waals surface area contributed by atoms with Gasteiger partial charge in [0, 0.05) is 6.07 Å². The summed E-state index contributed by atoms with van der Waals surface area (Å²) in [5.41, 5.74) is 1.19. The van der Waals surface area contributed by atoms with Gasteiger partial charge < -0.3 is 18.7 Å². The van der Waals surface area contributed by atoms with E-state index in [9.17, 15) is 4.79 Å². The number of carbonyl (C=O) groups excluding carboxylic acids is 1. The van der Waals surface area contributed by atoms with Gasteiger partial charge >= 0.3 is 0 Å². The number of nitrogens with one attached hydrogen (secondary N) is 1. The van der Waals surface area contributed by atoms with Gasteiger partial charge in [-0.1, -0.05) is 41.6 Å². The number of anilines is 1. The lowest BCUT2D eigenvalue weighted by molar-refractivity contribution is -0.0384. The molecule has 3 rings (SSSR count). The molecule has 0 atom stereocenters. The third kappa shape index (κ3) is 4.75. The molecule has 0 fully saturated rings. The fourth-order valence-corrected chi connectivity index (χ4v) is 2.78. The molecule has 3 aromatic rings. The molecular weight excluding hydrogens is 372 g/mol. The Labute approximate surface area is 169 Å². The van der Waals surface area contributed by atoms with E-state index in [-0.39, 0.29) is 11.4 Å². The molecule has 0 aliphatic carbocycles. The van der Waals surface area contributed by atoms with Crippen molar-refractivity contribution in [2.24, 2.45) is 0 Å². The van der Waals surface area contributed by atoms with Crippen molar-refractivity contribution in [2.45, 2.75) is 26.1 Å². The number of carbonyl (C=O) groups is 1. The van der Waals surface area contributed by atoms with Gasteiger partial charge in [0.25, 0.3) is 5.91 Å². The summed E-state index contributed by atoms with van der Waals surface area (Å²) in [5, 5.41) is 6.75. The van der Waals surface area contributed by atoms with Crippen LogP contribution < -0.4 is 14.8 Å². The molecule has 29 heavy (non-hydrogen) atoms. The molecule has 0 aliphatic heterocycles. The van der Waals surface area contributed by atoms with Crippen molar-refractivity contribution in [3.63, 3.8) is 0 Å². The zero-order chi connectivity index (χ0) is 20.9. The smallest absolute Gasteiger partial charge is 0.265 e. The minimum atomic E-state index is -0.704. The van der Waals surface area contributed by atoms with Gasteiger partial charge in [-0.2, -0.15) is 0 Å². The number of methoxy groups -OCH3 is 2. The maximum absolute atomic E-state index is 12.8. The molecule has 1 N–H and O–H groups in total. The molecule has 0 radical (unpaired) electrons. The molecule has 7 nitrogen and oxygen atoms in total. The Hall–Kier alpha value is -3.32. The Bertz CT molecular complexity index is 944. The lowest BCUT2D eigenvalue weighted by Gasteiger charge is -2.22. The van der Waals surface area contributed by atoms with Crippen molar-refractivity contribution in [1.82, 2.24) is 5.16 Å². The molecule has 7 heteroatoms. The first-order valence-electron chi connectivity index (χ1n) is 9.12. The van der Waals surface area contributed by atoms with E-state index < -0.39 is 11.5 Å². The number of aromatic nitrogens is 1. The summed E-state index contributed by atoms with van der Waals surface area (Å²) in [4.78, 5) is 12.8. The molecule has 2 aromatic carbocycles. The first-order chi connectivity index (χ1) is 13.9. The number of ether oxygens (including phenoxy) is 3. The Balaban J connectivity index is 1.72. The van der Waals surface area contributed by atoms with Crippen molar-refractivity contribution in [3.05, 3.63) is 71.4 Å². The van der Waals surface area contributed by atoms with Crippen LogP contribution in [0.1, 0.15) is 35.5 Å². The van der Waals surface area contributed by atoms with Crippen molar-refractivity contribution in [1.29, 1.82) is 0 Å². The fourth-order valence-electron chi connectivity index (χ4n) is 2.78. The van der Waals surface area contributed by atoms with E-state index in [1.807, 2.05) is 44.2 Å². The molecule has 0 bridgehead atoms. The lowest BCUT2D eigenvalue weighted by atomic mass is 10.1. The number of hydrogen-bond acceptors (Lipinski definition) is 6. The molecule has 1 aromatic heterocycles. The van der Waals surface area contributed by atoms with Crippen LogP contribution in [-0.4, -0.2) is 25.3 Å². The van der Waals surface area contributed by atoms with E-state index in [1.165, 1.54) is 14.2 Å². The van der Waals surface area contributed by atoms with Gasteiger partial charge in [0.05, 0.1) is 20.8 Å². The lowest BCUT2D eigenvalue weighted by Crippen LogP contribution is -2.22. The molecule has 0 saturated carbocycles. The van der Waals surface area contributed by atoms with Gasteiger partial charge in [-0.15, -0.1) is 0 Å². The second-order valence-corrected chi connectivity index (χ2v) is 6.85. The molecule has 0 saturated heterocycles. The van der Waals surface area contributed by atoms with Crippen LogP contribution in [0.3, 0.4) is 0 Å². The normalized spacial score (nSPS) is 11.2. The Morgan fingerprint density at radius 3 is 2.31 bits per heavy atom. The first-order valence-corrected chi connectivity index (χ1v) is 9.12. The largest absolute Gasteiger partial charge is 0.496 e. The van der Waals surface area contributed by atoms with E-state index in [0.29, 0.717) is 23.8 Å². The Morgan fingerprint density at radius 2 is 1.69 bits per heavy atom. The summed E-state index contributed by atoms with van der Waals surface area (Å²) in [6, 6.07) is 16.6. The highest BCUT2D eigenvalue weighted by Gasteiger charge is 2.27. The van der Waals surface area contributed by atoms with Crippen LogP contribution in [0.5, 0.6) is 11.5 Å². The number of amides is 1. The monoisotopic (exact) mass is 396 g/mol. The van der Waals surface area contributed by atoms with Crippen LogP contribution in [-0.2, 0) is 16.9 Å². The van der Waals surface area contributed by atoms with E-state index in [1.54, 1.807) is 24.3 Å². The van der Waals surface area contributed by atoms with E-state index in [2.05, 4.69) is 10.5 Å². The van der Waals surface area contributed by atoms with Crippen LogP contribution >= 0.6 is 0 Å². The Morgan fingerprint density at radius 1 is 1.03 bits per heavy atom. The summed E-state index contributed by atoms with van der Waals surface area (Å²) >= 11 is 0. The highest BCUT2D eigenvalue weighted by atomic mass is 16.5. The summed E-state index contributed by atoms with van der Waals surface area (Å²) < 4.78 is 21.8. The van der Waals surface area contributed by atoms with Crippen LogP contribution in [0.4, 0.5) is 5.88 Å². The van der Waals surface area contributed by atoms with Crippen LogP contribution in [0, 0.1) is 0 Å². The first kappa shape index (κ1) is 20.4. The van der Waals surface area contributed by atoms with Crippen LogP contribution in [0.15, 0.2) is 59.1 Å². The third-order valence-electron chi connectivity index (χ3n) is 4.46. The summed E-state index contributed by atoms with van der Waals surface area (Å²) in [6.07, 6.45) is 0. The second-order valence-electron chi connectivity index (χ2n) is 6.85. The zero-order valence-electron chi connectivity index (χ0n) is 16.9. The van der Waals surface area contributed by atoms with Gasteiger partial charge in [0.1, 0.15) is 28.4 Å². The maximum atomic E-state index is 12.8. The van der Waals surface area contributed by atoms with E-state index in [4.69, 9.17) is 18.7 Å². The molecular formula is C22H24N2O5. The fraction of sp³-hybridized carbons (Fsp3) is 0.273. The second kappa shape index (κ2) is 8.79. The van der Waals surface area contributed by atoms with Crippen LogP contribution in [0.25, 0.3) is 0 Å². The summed E-state index contributed by atoms with van der Waals surface area (Å²) in [7, 11) is 2.98. The van der Waals surface area contributed by atoms with Gasteiger partial charge in [-0.3, -0.25) is 10.1 Å². The minimum Gasteiger partial charge on any atom is -0.496 e. The predicted molar refractivity (Wildman–Crippen MR) is 108 cm³/mol. The predicted octanol–water partition coefficient (Wildman–Crippen LogP) is 4.40. The average Bonchev–Trinajstić information content (AvgIpc) is 3.21. The molecule has 0 aliphatic rings. The van der Waals surface area contributed by atoms with Crippen molar-refractivity contribution in [3.8, 4) is 11.5 Å². The number of rotatable bonds is 8. The van der Waals surface area contributed by atoms with Gasteiger partial charge in [-0.05, 0) is 31.5 Å². The van der Waals surface area contributed by atoms with E-state index in [0.717, 1.165) is 5.56 Å². The number of hydrogen-bond donors (Lipinski definition) is 1. The van der Waals surface area contributed by atoms with Crippen LogP contribution in [0.2, 0.25) is 0 Å². The maximum Gasteiger partial charge on any atom is 0.265 e. The van der Waals surface area contributed by atoms with Crippen molar-refractivity contribution in [2.75, 3.05) is 19.5 Å². The molecule has 1 heterocycles. The minimum absolute atomic E-state index is 0.203. The molecule has 152 valence electrons. The van der Waals surface area contributed by atoms with Gasteiger partial charge in [0.15, 0.2) is 0 Å². The summed E-state index contributed by atoms with van der Waals surface area (Å²) in [5.74, 6) is 0.570. The standard InChI is InChI=1S/C22H24N2O5/c1-22(2,28-14-15-9-6-5-7-10-15)18-13-19(29-24-18)23-21(25)20-16(26-3)11-8-12-17(20)27-4/h5-13H,14H2,1-4H3,(H,23,25). The number of benzene rings is 2. The Kier molecular flexibility index (Phi) is 6.19. The van der Waals surface area contributed by atoms with Crippen molar-refractivity contribution < 1.29 is 23.5 Å². The zero-order valence-corrected chi connectivity index (χ0v) is 16.9. The van der Waals surface area contributed by atoms with E-state index >= 15 is 0 Å². The topological polar surface area (TPSA) is 82.8 Å². The molecule has 0 unspecified atom stereocenters. The quantitative estimate of drug-likeness (QED) is 0.608. The molecule has 1 amide bonds. The average molecular weight is 396 g/mol. The highest BCUT2D eigenvalue weighted by Crippen LogP contribution is 2.31. The highest BCUT2D eigenvalue weighted by molar-refractivity contribution is 6.07. The van der Waals surface area contributed by atoms with Crippen molar-refractivity contribution >= 4 is 11.8 Å². The summed E-state index contributed by atoms with van der Waals surface area (Å²) in [6.45, 7) is 4.21. The molecule has 0 spiro atoms. The third-order valence-corrected chi connectivity index (χ3v) is 4.46. The SMILES string of the molecule is COc1cccc(OC)c1C(=O)Nc1cc(C(C)(C)OCc2ccccc2)no1. The van der Waals surface area contributed by atoms with Gasteiger partial charge in [-0.25, -0.2) is 0 Å².